The van der Waals surface area contributed by atoms with Gasteiger partial charge in [0.15, 0.2) is 0 Å². The molecule has 0 saturated carbocycles. The van der Waals surface area contributed by atoms with E-state index in [1.165, 1.54) is 5.56 Å². The van der Waals surface area contributed by atoms with E-state index in [4.69, 9.17) is 0 Å². The smallest absolute Gasteiger partial charge is 0.306 e. The summed E-state index contributed by atoms with van der Waals surface area (Å²) in [6, 6.07) is 22.8. The van der Waals surface area contributed by atoms with Crippen LogP contribution in [0.15, 0.2) is 85.2 Å². The summed E-state index contributed by atoms with van der Waals surface area (Å²) >= 11 is 0. The Labute approximate surface area is 159 Å². The summed E-state index contributed by atoms with van der Waals surface area (Å²) in [6.45, 7) is 0.252. The maximum Gasteiger partial charge on any atom is 0.345 e. The number of hydroxylamine groups is 2. The van der Waals surface area contributed by atoms with E-state index in [9.17, 15) is 10.0 Å². The predicted molar refractivity (Wildman–Crippen MR) is 106 cm³/mol. The second-order valence-electron chi connectivity index (χ2n) is 6.31. The molecule has 5 heteroatoms. The number of hydrogen-bond donors (Lipinski definition) is 2. The van der Waals surface area contributed by atoms with Crippen LogP contribution < -0.4 is 5.32 Å². The second kappa shape index (κ2) is 9.50. The molecule has 0 fully saturated rings. The summed E-state index contributed by atoms with van der Waals surface area (Å²) < 4.78 is 0. The van der Waals surface area contributed by atoms with Crippen LogP contribution in [0.25, 0.3) is 0 Å². The maximum atomic E-state index is 12.1. The number of aromatic nitrogens is 1. The minimum Gasteiger partial charge on any atom is -0.306 e. The van der Waals surface area contributed by atoms with Crippen molar-refractivity contribution in [3.05, 3.63) is 96.3 Å². The first-order chi connectivity index (χ1) is 13.2. The predicted octanol–water partition coefficient (Wildman–Crippen LogP) is 4.92. The van der Waals surface area contributed by atoms with Crippen LogP contribution in [0.1, 0.15) is 29.9 Å². The molecule has 2 N–H and O–H groups in total. The summed E-state index contributed by atoms with van der Waals surface area (Å²) in [7, 11) is 0. The molecule has 0 saturated heterocycles. The van der Waals surface area contributed by atoms with Crippen molar-refractivity contribution >= 4 is 11.7 Å². The van der Waals surface area contributed by atoms with Gasteiger partial charge in [-0.1, -0.05) is 54.6 Å². The standard InChI is InChI=1S/C22H23N3O2/c26-22(24-20-12-5-2-6-13-20)25(27)16-8-14-21(18-9-3-1-4-10-18)19-11-7-15-23-17-19/h1-7,9-13,15,17,21,27H,8,14,16H2,(H,24,26). The Bertz CT molecular complexity index is 786. The highest BCUT2D eigenvalue weighted by Crippen LogP contribution is 2.28. The Morgan fingerprint density at radius 3 is 2.30 bits per heavy atom. The fraction of sp³-hybridized carbons (Fsp3) is 0.182. The van der Waals surface area contributed by atoms with Crippen LogP contribution in [-0.4, -0.2) is 27.8 Å². The van der Waals surface area contributed by atoms with Crippen molar-refractivity contribution in [2.75, 3.05) is 11.9 Å². The van der Waals surface area contributed by atoms with Gasteiger partial charge < -0.3 is 5.32 Å². The number of carbonyl (C=O) groups is 1. The van der Waals surface area contributed by atoms with E-state index in [1.807, 2.05) is 48.7 Å². The molecule has 1 unspecified atom stereocenters. The second-order valence-corrected chi connectivity index (χ2v) is 6.31. The SMILES string of the molecule is O=C(Nc1ccccc1)N(O)CCCC(c1ccccc1)c1cccnc1. The summed E-state index contributed by atoms with van der Waals surface area (Å²) in [4.78, 5) is 16.3. The van der Waals surface area contributed by atoms with Crippen LogP contribution in [0.5, 0.6) is 0 Å². The monoisotopic (exact) mass is 361 g/mol. The van der Waals surface area contributed by atoms with Gasteiger partial charge in [-0.25, -0.2) is 9.86 Å². The number of hydrogen-bond acceptors (Lipinski definition) is 3. The van der Waals surface area contributed by atoms with Crippen molar-refractivity contribution in [2.24, 2.45) is 0 Å². The number of carbonyl (C=O) groups excluding carboxylic acids is 1. The zero-order chi connectivity index (χ0) is 18.9. The molecule has 0 aliphatic heterocycles. The molecule has 0 aliphatic carbocycles. The molecule has 5 nitrogen and oxygen atoms in total. The van der Waals surface area contributed by atoms with E-state index in [0.29, 0.717) is 12.1 Å². The molecule has 2 amide bonds. The summed E-state index contributed by atoms with van der Waals surface area (Å²) in [5, 5.41) is 13.4. The molecular weight excluding hydrogens is 338 g/mol. The fourth-order valence-electron chi connectivity index (χ4n) is 3.05. The molecule has 2 aromatic carbocycles. The van der Waals surface area contributed by atoms with Crippen molar-refractivity contribution in [2.45, 2.75) is 18.8 Å². The van der Waals surface area contributed by atoms with Gasteiger partial charge in [-0.3, -0.25) is 10.2 Å². The minimum atomic E-state index is -0.529. The highest BCUT2D eigenvalue weighted by atomic mass is 16.5. The number of benzene rings is 2. The molecule has 1 heterocycles. The van der Waals surface area contributed by atoms with E-state index in [0.717, 1.165) is 17.0 Å². The molecular formula is C22H23N3O2. The molecule has 1 atom stereocenters. The Balaban J connectivity index is 1.58. The molecule has 27 heavy (non-hydrogen) atoms. The van der Waals surface area contributed by atoms with E-state index in [2.05, 4.69) is 28.5 Å². The third kappa shape index (κ3) is 5.39. The zero-order valence-electron chi connectivity index (χ0n) is 15.0. The molecule has 3 rings (SSSR count). The fourth-order valence-corrected chi connectivity index (χ4v) is 3.05. The van der Waals surface area contributed by atoms with Crippen molar-refractivity contribution < 1.29 is 10.0 Å². The van der Waals surface area contributed by atoms with Gasteiger partial charge in [-0.15, -0.1) is 0 Å². The summed E-state index contributed by atoms with van der Waals surface area (Å²) in [6.07, 6.45) is 5.09. The Kier molecular flexibility index (Phi) is 6.55. The van der Waals surface area contributed by atoms with Crippen LogP contribution in [0.3, 0.4) is 0 Å². The van der Waals surface area contributed by atoms with Crippen LogP contribution in [0, 0.1) is 0 Å². The maximum absolute atomic E-state index is 12.1. The van der Waals surface area contributed by atoms with Crippen LogP contribution in [0.4, 0.5) is 10.5 Å². The van der Waals surface area contributed by atoms with Gasteiger partial charge in [0, 0.05) is 24.0 Å². The van der Waals surface area contributed by atoms with Crippen LogP contribution >= 0.6 is 0 Å². The number of rotatable bonds is 7. The topological polar surface area (TPSA) is 65.5 Å². The first-order valence-electron chi connectivity index (χ1n) is 9.01. The normalized spacial score (nSPS) is 11.6. The minimum absolute atomic E-state index is 0.172. The van der Waals surface area contributed by atoms with E-state index < -0.39 is 6.03 Å². The third-order valence-electron chi connectivity index (χ3n) is 4.41. The lowest BCUT2D eigenvalue weighted by atomic mass is 9.88. The Morgan fingerprint density at radius 1 is 0.963 bits per heavy atom. The lowest BCUT2D eigenvalue weighted by molar-refractivity contribution is -0.0383. The molecule has 0 radical (unpaired) electrons. The molecule has 0 spiro atoms. The van der Waals surface area contributed by atoms with Gasteiger partial charge in [0.2, 0.25) is 0 Å². The highest BCUT2D eigenvalue weighted by molar-refractivity contribution is 5.88. The van der Waals surface area contributed by atoms with Crippen molar-refractivity contribution in [1.82, 2.24) is 10.0 Å². The number of anilines is 1. The molecule has 0 aliphatic rings. The first kappa shape index (κ1) is 18.6. The van der Waals surface area contributed by atoms with Crippen molar-refractivity contribution in [3.8, 4) is 0 Å². The molecule has 0 bridgehead atoms. The van der Waals surface area contributed by atoms with Crippen molar-refractivity contribution in [1.29, 1.82) is 0 Å². The quantitative estimate of drug-likeness (QED) is 0.464. The number of urea groups is 1. The molecule has 138 valence electrons. The third-order valence-corrected chi connectivity index (χ3v) is 4.41. The number of pyridine rings is 1. The van der Waals surface area contributed by atoms with E-state index in [1.54, 1.807) is 18.3 Å². The Hall–Kier alpha value is -3.18. The van der Waals surface area contributed by atoms with Gasteiger partial charge >= 0.3 is 6.03 Å². The highest BCUT2D eigenvalue weighted by Gasteiger charge is 2.16. The van der Waals surface area contributed by atoms with Crippen LogP contribution in [0.2, 0.25) is 0 Å². The summed E-state index contributed by atoms with van der Waals surface area (Å²) in [5.74, 6) is 0.172. The number of nitrogens with zero attached hydrogens (tertiary/aromatic N) is 2. The average Bonchev–Trinajstić information content (AvgIpc) is 2.73. The van der Waals surface area contributed by atoms with Gasteiger partial charge in [0.1, 0.15) is 0 Å². The van der Waals surface area contributed by atoms with Gasteiger partial charge in [0.25, 0.3) is 0 Å². The van der Waals surface area contributed by atoms with Gasteiger partial charge in [-0.05, 0) is 42.2 Å². The number of amides is 2. The largest absolute Gasteiger partial charge is 0.345 e. The van der Waals surface area contributed by atoms with Gasteiger partial charge in [-0.2, -0.15) is 0 Å². The van der Waals surface area contributed by atoms with E-state index in [-0.39, 0.29) is 12.5 Å². The molecule has 3 aromatic rings. The lowest BCUT2D eigenvalue weighted by Gasteiger charge is -2.20. The molecule has 1 aromatic heterocycles. The summed E-state index contributed by atoms with van der Waals surface area (Å²) in [5.41, 5.74) is 2.98. The van der Waals surface area contributed by atoms with E-state index >= 15 is 0 Å². The van der Waals surface area contributed by atoms with Crippen molar-refractivity contribution in [3.63, 3.8) is 0 Å². The lowest BCUT2D eigenvalue weighted by Crippen LogP contribution is -2.32. The Morgan fingerprint density at radius 2 is 1.63 bits per heavy atom. The average molecular weight is 361 g/mol. The van der Waals surface area contributed by atoms with Gasteiger partial charge in [0.05, 0.1) is 6.54 Å². The van der Waals surface area contributed by atoms with Crippen LogP contribution in [-0.2, 0) is 0 Å². The number of nitrogens with one attached hydrogen (secondary N) is 1. The zero-order valence-corrected chi connectivity index (χ0v) is 15.0. The number of para-hydroxylation sites is 1. The first-order valence-corrected chi connectivity index (χ1v) is 9.01.